The van der Waals surface area contributed by atoms with Crippen molar-refractivity contribution in [3.8, 4) is 5.75 Å². The Labute approximate surface area is 124 Å². The van der Waals surface area contributed by atoms with Crippen molar-refractivity contribution < 1.29 is 19.8 Å². The van der Waals surface area contributed by atoms with E-state index in [4.69, 9.17) is 5.11 Å². The molecule has 5 heteroatoms. The number of carbonyl (C=O) groups excluding carboxylic acids is 1. The summed E-state index contributed by atoms with van der Waals surface area (Å²) < 4.78 is 0. The predicted molar refractivity (Wildman–Crippen MR) is 78.2 cm³/mol. The summed E-state index contributed by atoms with van der Waals surface area (Å²) in [7, 11) is 0. The maximum absolute atomic E-state index is 12.1. The van der Waals surface area contributed by atoms with E-state index in [9.17, 15) is 14.7 Å². The highest BCUT2D eigenvalue weighted by molar-refractivity contribution is 5.96. The first kappa shape index (κ1) is 15.4. The number of phenolic OH excluding ortho intramolecular Hbond substituents is 1. The van der Waals surface area contributed by atoms with Crippen LogP contribution in [0.1, 0.15) is 48.9 Å². The SMILES string of the molecule is O=C(O)CC1(CNC(=O)c2ccccc2O)CCCCC1. The average Bonchev–Trinajstić information content (AvgIpc) is 2.46. The normalized spacial score (nSPS) is 17.1. The largest absolute Gasteiger partial charge is 0.507 e. The summed E-state index contributed by atoms with van der Waals surface area (Å²) in [6, 6.07) is 6.35. The Balaban J connectivity index is 2.03. The topological polar surface area (TPSA) is 86.6 Å². The van der Waals surface area contributed by atoms with E-state index >= 15 is 0 Å². The van der Waals surface area contributed by atoms with Crippen molar-refractivity contribution in [3.63, 3.8) is 0 Å². The van der Waals surface area contributed by atoms with Crippen LogP contribution in [0, 0.1) is 5.41 Å². The van der Waals surface area contributed by atoms with Gasteiger partial charge in [-0.05, 0) is 30.4 Å². The summed E-state index contributed by atoms with van der Waals surface area (Å²) >= 11 is 0. The molecule has 21 heavy (non-hydrogen) atoms. The second-order valence-corrected chi connectivity index (χ2v) is 5.83. The van der Waals surface area contributed by atoms with Gasteiger partial charge in [-0.2, -0.15) is 0 Å². The van der Waals surface area contributed by atoms with Gasteiger partial charge in [0.25, 0.3) is 5.91 Å². The first-order valence-corrected chi connectivity index (χ1v) is 7.30. The molecule has 5 nitrogen and oxygen atoms in total. The van der Waals surface area contributed by atoms with Gasteiger partial charge in [0.2, 0.25) is 0 Å². The Hall–Kier alpha value is -2.04. The molecule has 3 N–H and O–H groups in total. The molecule has 0 saturated heterocycles. The fourth-order valence-corrected chi connectivity index (χ4v) is 3.07. The van der Waals surface area contributed by atoms with E-state index in [1.807, 2.05) is 0 Å². The first-order valence-electron chi connectivity index (χ1n) is 7.30. The summed E-state index contributed by atoms with van der Waals surface area (Å²) in [5, 5.41) is 21.6. The Bertz CT molecular complexity index is 521. The van der Waals surface area contributed by atoms with Crippen molar-refractivity contribution in [3.05, 3.63) is 29.8 Å². The lowest BCUT2D eigenvalue weighted by Crippen LogP contribution is -2.40. The summed E-state index contributed by atoms with van der Waals surface area (Å²) in [6.45, 7) is 0.340. The molecule has 1 saturated carbocycles. The quantitative estimate of drug-likeness (QED) is 0.778. The molecule has 0 bridgehead atoms. The number of para-hydroxylation sites is 1. The lowest BCUT2D eigenvalue weighted by atomic mass is 9.71. The van der Waals surface area contributed by atoms with Crippen molar-refractivity contribution in [1.82, 2.24) is 5.32 Å². The Morgan fingerprint density at radius 3 is 2.43 bits per heavy atom. The number of phenols is 1. The van der Waals surface area contributed by atoms with E-state index in [0.29, 0.717) is 6.54 Å². The fourth-order valence-electron chi connectivity index (χ4n) is 3.07. The van der Waals surface area contributed by atoms with Gasteiger partial charge in [0, 0.05) is 6.54 Å². The molecule has 1 aromatic rings. The van der Waals surface area contributed by atoms with Crippen LogP contribution in [-0.4, -0.2) is 28.6 Å². The van der Waals surface area contributed by atoms with Crippen molar-refractivity contribution in [1.29, 1.82) is 0 Å². The van der Waals surface area contributed by atoms with Crippen molar-refractivity contribution in [2.24, 2.45) is 5.41 Å². The minimum absolute atomic E-state index is 0.0640. The van der Waals surface area contributed by atoms with Gasteiger partial charge >= 0.3 is 5.97 Å². The molecular weight excluding hydrogens is 270 g/mol. The number of rotatable bonds is 5. The van der Waals surface area contributed by atoms with E-state index < -0.39 is 5.97 Å². The molecule has 0 aliphatic heterocycles. The molecule has 1 aliphatic carbocycles. The van der Waals surface area contributed by atoms with Crippen LogP contribution in [0.2, 0.25) is 0 Å². The molecule has 1 aromatic carbocycles. The number of carbonyl (C=O) groups is 2. The van der Waals surface area contributed by atoms with E-state index in [0.717, 1.165) is 32.1 Å². The number of hydrogen-bond acceptors (Lipinski definition) is 3. The highest BCUT2D eigenvalue weighted by Gasteiger charge is 2.34. The standard InChI is InChI=1S/C16H21NO4/c18-13-7-3-2-6-12(13)15(21)17-11-16(10-14(19)20)8-4-1-5-9-16/h2-3,6-7,18H,1,4-5,8-11H2,(H,17,21)(H,19,20). The van der Waals surface area contributed by atoms with Gasteiger partial charge in [0.1, 0.15) is 5.75 Å². The number of hydrogen-bond donors (Lipinski definition) is 3. The zero-order chi connectivity index (χ0) is 15.3. The lowest BCUT2D eigenvalue weighted by molar-refractivity contribution is -0.140. The maximum Gasteiger partial charge on any atom is 0.303 e. The predicted octanol–water partition coefficient (Wildman–Crippen LogP) is 2.55. The van der Waals surface area contributed by atoms with Gasteiger partial charge in [-0.3, -0.25) is 9.59 Å². The molecule has 2 rings (SSSR count). The molecule has 0 unspecified atom stereocenters. The third-order valence-electron chi connectivity index (χ3n) is 4.21. The zero-order valence-corrected chi connectivity index (χ0v) is 12.0. The molecule has 1 amide bonds. The van der Waals surface area contributed by atoms with Crippen LogP contribution in [0.3, 0.4) is 0 Å². The molecule has 0 atom stereocenters. The number of carboxylic acid groups (broad SMARTS) is 1. The highest BCUT2D eigenvalue weighted by Crippen LogP contribution is 2.38. The van der Waals surface area contributed by atoms with Crippen LogP contribution < -0.4 is 5.32 Å². The second-order valence-electron chi connectivity index (χ2n) is 5.83. The molecule has 0 heterocycles. The molecule has 1 aliphatic rings. The number of carboxylic acids is 1. The molecule has 114 valence electrons. The van der Waals surface area contributed by atoms with Crippen LogP contribution >= 0.6 is 0 Å². The lowest BCUT2D eigenvalue weighted by Gasteiger charge is -2.36. The summed E-state index contributed by atoms with van der Waals surface area (Å²) in [4.78, 5) is 23.2. The number of amides is 1. The monoisotopic (exact) mass is 291 g/mol. The second kappa shape index (κ2) is 6.61. The third kappa shape index (κ3) is 3.97. The minimum Gasteiger partial charge on any atom is -0.507 e. The minimum atomic E-state index is -0.825. The van der Waals surface area contributed by atoms with Gasteiger partial charge in [0.05, 0.1) is 12.0 Å². The molecule has 0 spiro atoms. The van der Waals surface area contributed by atoms with E-state index in [-0.39, 0.29) is 29.1 Å². The van der Waals surface area contributed by atoms with Crippen LogP contribution in [0.5, 0.6) is 5.75 Å². The van der Waals surface area contributed by atoms with Gasteiger partial charge in [0.15, 0.2) is 0 Å². The van der Waals surface area contributed by atoms with E-state index in [2.05, 4.69) is 5.32 Å². The van der Waals surface area contributed by atoms with Crippen molar-refractivity contribution in [2.75, 3.05) is 6.54 Å². The summed E-state index contributed by atoms with van der Waals surface area (Å²) in [6.07, 6.45) is 4.84. The average molecular weight is 291 g/mol. The summed E-state index contributed by atoms with van der Waals surface area (Å²) in [5.41, 5.74) is -0.136. The van der Waals surface area contributed by atoms with Crippen LogP contribution in [0.25, 0.3) is 0 Å². The highest BCUT2D eigenvalue weighted by atomic mass is 16.4. The Morgan fingerprint density at radius 2 is 1.81 bits per heavy atom. The Morgan fingerprint density at radius 1 is 1.14 bits per heavy atom. The molecule has 0 aromatic heterocycles. The number of benzene rings is 1. The first-order chi connectivity index (χ1) is 10.0. The van der Waals surface area contributed by atoms with Gasteiger partial charge in [-0.15, -0.1) is 0 Å². The molecular formula is C16H21NO4. The number of aromatic hydroxyl groups is 1. The maximum atomic E-state index is 12.1. The van der Waals surface area contributed by atoms with Gasteiger partial charge < -0.3 is 15.5 Å². The Kier molecular flexibility index (Phi) is 4.83. The molecule has 1 fully saturated rings. The molecule has 0 radical (unpaired) electrons. The number of nitrogens with one attached hydrogen (secondary N) is 1. The van der Waals surface area contributed by atoms with E-state index in [1.54, 1.807) is 18.2 Å². The van der Waals surface area contributed by atoms with Crippen LogP contribution in [0.15, 0.2) is 24.3 Å². The zero-order valence-electron chi connectivity index (χ0n) is 12.0. The van der Waals surface area contributed by atoms with Crippen LogP contribution in [-0.2, 0) is 4.79 Å². The van der Waals surface area contributed by atoms with Crippen molar-refractivity contribution >= 4 is 11.9 Å². The fraction of sp³-hybridized carbons (Fsp3) is 0.500. The van der Waals surface area contributed by atoms with Crippen molar-refractivity contribution in [2.45, 2.75) is 38.5 Å². The summed E-state index contributed by atoms with van der Waals surface area (Å²) in [5.74, 6) is -1.25. The van der Waals surface area contributed by atoms with Gasteiger partial charge in [-0.1, -0.05) is 31.4 Å². The van der Waals surface area contributed by atoms with E-state index in [1.165, 1.54) is 6.07 Å². The smallest absolute Gasteiger partial charge is 0.303 e. The third-order valence-corrected chi connectivity index (χ3v) is 4.21. The number of aliphatic carboxylic acids is 1. The van der Waals surface area contributed by atoms with Gasteiger partial charge in [-0.25, -0.2) is 0 Å². The van der Waals surface area contributed by atoms with Crippen LogP contribution in [0.4, 0.5) is 0 Å².